The van der Waals surface area contributed by atoms with Crippen LogP contribution in [0.1, 0.15) is 32.8 Å². The molecule has 0 aliphatic carbocycles. The summed E-state index contributed by atoms with van der Waals surface area (Å²) in [5.74, 6) is 0.318. The maximum atomic E-state index is 11.2. The molecule has 0 unspecified atom stereocenters. The highest BCUT2D eigenvalue weighted by atomic mass is 35.5. The van der Waals surface area contributed by atoms with E-state index in [0.29, 0.717) is 17.5 Å². The molecule has 3 N–H and O–H groups in total. The Balaban J connectivity index is 2.85. The molecule has 0 saturated heterocycles. The zero-order valence-electron chi connectivity index (χ0n) is 11.0. The molecule has 100 valence electrons. The molecule has 1 heterocycles. The molecule has 0 spiro atoms. The number of nitrogens with two attached hydrogens (primary N) is 1. The summed E-state index contributed by atoms with van der Waals surface area (Å²) in [6.07, 6.45) is 3.14. The highest BCUT2D eigenvalue weighted by Crippen LogP contribution is 2.23. The number of carbonyl (C=O) groups excluding carboxylic acids is 1. The van der Waals surface area contributed by atoms with Gasteiger partial charge in [0.1, 0.15) is 17.3 Å². The molecule has 1 rings (SSSR count). The number of hydrogen-bond acceptors (Lipinski definition) is 4. The highest BCUT2D eigenvalue weighted by Gasteiger charge is 2.25. The molecular weight excluding hydrogens is 252 g/mol. The Morgan fingerprint density at radius 2 is 2.17 bits per heavy atom. The Bertz CT molecular complexity index is 434. The SMILES string of the molecule is CCCc1c(Cl)ncnc1NCC(C)(C)C(N)=O. The van der Waals surface area contributed by atoms with Crippen LogP contribution in [-0.4, -0.2) is 22.4 Å². The molecule has 0 bridgehead atoms. The van der Waals surface area contributed by atoms with Crippen molar-refractivity contribution in [1.29, 1.82) is 0 Å². The summed E-state index contributed by atoms with van der Waals surface area (Å²) in [6, 6.07) is 0. The van der Waals surface area contributed by atoms with E-state index >= 15 is 0 Å². The number of nitrogens with zero attached hydrogens (tertiary/aromatic N) is 2. The Labute approximate surface area is 112 Å². The molecule has 5 nitrogen and oxygen atoms in total. The van der Waals surface area contributed by atoms with Crippen molar-refractivity contribution >= 4 is 23.3 Å². The minimum absolute atomic E-state index is 0.354. The van der Waals surface area contributed by atoms with Gasteiger partial charge in [0.2, 0.25) is 5.91 Å². The van der Waals surface area contributed by atoms with E-state index in [-0.39, 0.29) is 5.91 Å². The fourth-order valence-electron chi connectivity index (χ4n) is 1.41. The Hall–Kier alpha value is -1.36. The third-order valence-electron chi connectivity index (χ3n) is 2.76. The third kappa shape index (κ3) is 3.57. The van der Waals surface area contributed by atoms with Crippen LogP contribution < -0.4 is 11.1 Å². The lowest BCUT2D eigenvalue weighted by atomic mass is 9.93. The smallest absolute Gasteiger partial charge is 0.224 e. The second-order valence-corrected chi connectivity index (χ2v) is 5.20. The van der Waals surface area contributed by atoms with E-state index in [9.17, 15) is 4.79 Å². The van der Waals surface area contributed by atoms with Crippen molar-refractivity contribution in [2.45, 2.75) is 33.6 Å². The van der Waals surface area contributed by atoms with Crippen LogP contribution in [0.3, 0.4) is 0 Å². The minimum atomic E-state index is -0.638. The summed E-state index contributed by atoms with van der Waals surface area (Å²) in [5.41, 5.74) is 5.56. The van der Waals surface area contributed by atoms with Gasteiger partial charge in [-0.1, -0.05) is 24.9 Å². The first kappa shape index (κ1) is 14.7. The number of primary amides is 1. The summed E-state index contributed by atoms with van der Waals surface area (Å²) >= 11 is 6.04. The average Bonchev–Trinajstić information content (AvgIpc) is 2.30. The second-order valence-electron chi connectivity index (χ2n) is 4.84. The number of carbonyl (C=O) groups is 1. The van der Waals surface area contributed by atoms with Gasteiger partial charge in [-0.25, -0.2) is 9.97 Å². The van der Waals surface area contributed by atoms with Gasteiger partial charge in [-0.2, -0.15) is 0 Å². The minimum Gasteiger partial charge on any atom is -0.369 e. The Morgan fingerprint density at radius 1 is 1.50 bits per heavy atom. The van der Waals surface area contributed by atoms with Crippen molar-refractivity contribution in [3.05, 3.63) is 17.0 Å². The van der Waals surface area contributed by atoms with Crippen molar-refractivity contribution in [3.63, 3.8) is 0 Å². The van der Waals surface area contributed by atoms with E-state index in [4.69, 9.17) is 17.3 Å². The van der Waals surface area contributed by atoms with Gasteiger partial charge in [-0.05, 0) is 20.3 Å². The molecule has 0 fully saturated rings. The molecule has 0 atom stereocenters. The molecule has 1 aromatic rings. The lowest BCUT2D eigenvalue weighted by Gasteiger charge is -2.22. The van der Waals surface area contributed by atoms with Gasteiger partial charge in [-0.3, -0.25) is 4.79 Å². The highest BCUT2D eigenvalue weighted by molar-refractivity contribution is 6.30. The summed E-state index contributed by atoms with van der Waals surface area (Å²) in [5, 5.41) is 3.57. The quantitative estimate of drug-likeness (QED) is 0.775. The number of halogens is 1. The second kappa shape index (κ2) is 6.00. The zero-order valence-corrected chi connectivity index (χ0v) is 11.7. The van der Waals surface area contributed by atoms with E-state index in [1.165, 1.54) is 6.33 Å². The van der Waals surface area contributed by atoms with Gasteiger partial charge in [0, 0.05) is 12.1 Å². The first-order valence-electron chi connectivity index (χ1n) is 5.91. The van der Waals surface area contributed by atoms with Crippen LogP contribution >= 0.6 is 11.6 Å². The van der Waals surface area contributed by atoms with E-state index < -0.39 is 5.41 Å². The molecule has 0 aromatic carbocycles. The normalized spacial score (nSPS) is 11.3. The van der Waals surface area contributed by atoms with Crippen LogP contribution in [0.15, 0.2) is 6.33 Å². The van der Waals surface area contributed by atoms with Gasteiger partial charge >= 0.3 is 0 Å². The molecule has 0 radical (unpaired) electrons. The van der Waals surface area contributed by atoms with Gasteiger partial charge in [0.15, 0.2) is 0 Å². The average molecular weight is 271 g/mol. The molecule has 18 heavy (non-hydrogen) atoms. The Morgan fingerprint density at radius 3 is 2.72 bits per heavy atom. The van der Waals surface area contributed by atoms with Gasteiger partial charge in [0.25, 0.3) is 0 Å². The molecule has 0 saturated carbocycles. The zero-order chi connectivity index (χ0) is 13.8. The number of hydrogen-bond donors (Lipinski definition) is 2. The predicted molar refractivity (Wildman–Crippen MR) is 72.5 cm³/mol. The van der Waals surface area contributed by atoms with Crippen molar-refractivity contribution in [2.24, 2.45) is 11.1 Å². The van der Waals surface area contributed by atoms with Crippen LogP contribution in [0.5, 0.6) is 0 Å². The fourth-order valence-corrected chi connectivity index (χ4v) is 1.63. The van der Waals surface area contributed by atoms with Crippen molar-refractivity contribution < 1.29 is 4.79 Å². The van der Waals surface area contributed by atoms with E-state index in [1.54, 1.807) is 13.8 Å². The van der Waals surface area contributed by atoms with Crippen LogP contribution in [-0.2, 0) is 11.2 Å². The van der Waals surface area contributed by atoms with Crippen LogP contribution in [0.2, 0.25) is 5.15 Å². The standard InChI is InChI=1S/C12H19ClN4O/c1-4-5-8-9(13)16-7-17-10(8)15-6-12(2,3)11(14)18/h7H,4-6H2,1-3H3,(H2,14,18)(H,15,16,17). The topological polar surface area (TPSA) is 80.9 Å². The molecule has 1 aromatic heterocycles. The lowest BCUT2D eigenvalue weighted by Crippen LogP contribution is -2.37. The number of aromatic nitrogens is 2. The molecule has 0 aliphatic heterocycles. The first-order valence-corrected chi connectivity index (χ1v) is 6.29. The molecule has 1 amide bonds. The summed E-state index contributed by atoms with van der Waals surface area (Å²) in [7, 11) is 0. The van der Waals surface area contributed by atoms with Crippen LogP contribution in [0, 0.1) is 5.41 Å². The number of nitrogens with one attached hydrogen (secondary N) is 1. The van der Waals surface area contributed by atoms with Crippen LogP contribution in [0.25, 0.3) is 0 Å². The summed E-state index contributed by atoms with van der Waals surface area (Å²) < 4.78 is 0. The van der Waals surface area contributed by atoms with Gasteiger partial charge < -0.3 is 11.1 Å². The van der Waals surface area contributed by atoms with E-state index in [0.717, 1.165) is 18.4 Å². The lowest BCUT2D eigenvalue weighted by molar-refractivity contribution is -0.125. The van der Waals surface area contributed by atoms with Crippen molar-refractivity contribution in [2.75, 3.05) is 11.9 Å². The number of amides is 1. The van der Waals surface area contributed by atoms with Crippen molar-refractivity contribution in [1.82, 2.24) is 9.97 Å². The summed E-state index contributed by atoms with van der Waals surface area (Å²) in [6.45, 7) is 6.03. The predicted octanol–water partition coefficient (Wildman–Crippen LogP) is 2.01. The van der Waals surface area contributed by atoms with Gasteiger partial charge in [0.05, 0.1) is 5.41 Å². The van der Waals surface area contributed by atoms with E-state index in [1.807, 2.05) is 0 Å². The van der Waals surface area contributed by atoms with Gasteiger partial charge in [-0.15, -0.1) is 0 Å². The third-order valence-corrected chi connectivity index (χ3v) is 3.08. The fraction of sp³-hybridized carbons (Fsp3) is 0.583. The first-order chi connectivity index (χ1) is 8.38. The number of anilines is 1. The maximum absolute atomic E-state index is 11.2. The molecule has 0 aliphatic rings. The molecular formula is C12H19ClN4O. The largest absolute Gasteiger partial charge is 0.369 e. The van der Waals surface area contributed by atoms with Crippen molar-refractivity contribution in [3.8, 4) is 0 Å². The Kier molecular flexibility index (Phi) is 4.90. The monoisotopic (exact) mass is 270 g/mol. The van der Waals surface area contributed by atoms with E-state index in [2.05, 4.69) is 22.2 Å². The summed E-state index contributed by atoms with van der Waals surface area (Å²) in [4.78, 5) is 19.4. The van der Waals surface area contributed by atoms with Crippen LogP contribution in [0.4, 0.5) is 5.82 Å². The maximum Gasteiger partial charge on any atom is 0.224 e. The molecule has 6 heteroatoms. The number of rotatable bonds is 6.